The standard InChI is InChI=1S/C22H19F3N6O3S/c1-35(32,33)31-17-8-2-13(3-9-17)10-18(14-4-6-16(23)7-5-14)28-22-26-11-15(12-27-22)20-29-30-21(34-20)19(24)25/h2-9,11-12,18-19,31H,10H2,1H3,(H,26,27,28). The number of hydrogen-bond donors (Lipinski definition) is 2. The summed E-state index contributed by atoms with van der Waals surface area (Å²) in [4.78, 5) is 8.40. The van der Waals surface area contributed by atoms with Crippen LogP contribution in [0.2, 0.25) is 0 Å². The summed E-state index contributed by atoms with van der Waals surface area (Å²) in [5.41, 5.74) is 2.32. The zero-order valence-corrected chi connectivity index (χ0v) is 19.0. The normalized spacial score (nSPS) is 12.5. The molecule has 0 bridgehead atoms. The molecule has 0 radical (unpaired) electrons. The van der Waals surface area contributed by atoms with Gasteiger partial charge >= 0.3 is 6.43 Å². The molecular weight excluding hydrogens is 485 g/mol. The fourth-order valence-corrected chi connectivity index (χ4v) is 3.78. The maximum atomic E-state index is 13.5. The average Bonchev–Trinajstić information content (AvgIpc) is 3.31. The molecule has 13 heteroatoms. The Kier molecular flexibility index (Phi) is 6.96. The van der Waals surface area contributed by atoms with Crippen molar-refractivity contribution in [3.63, 3.8) is 0 Å². The van der Waals surface area contributed by atoms with Crippen LogP contribution in [0.5, 0.6) is 0 Å². The lowest BCUT2D eigenvalue weighted by Gasteiger charge is -2.20. The lowest BCUT2D eigenvalue weighted by Crippen LogP contribution is -2.16. The van der Waals surface area contributed by atoms with Gasteiger partial charge in [0.1, 0.15) is 5.82 Å². The molecule has 0 aliphatic carbocycles. The third-order valence-electron chi connectivity index (χ3n) is 4.80. The largest absolute Gasteiger partial charge is 0.415 e. The second-order valence-corrected chi connectivity index (χ2v) is 9.31. The molecule has 0 aliphatic heterocycles. The molecule has 1 atom stereocenters. The quantitative estimate of drug-likeness (QED) is 0.345. The Bertz CT molecular complexity index is 1380. The van der Waals surface area contributed by atoms with Crippen LogP contribution in [0.15, 0.2) is 65.3 Å². The van der Waals surface area contributed by atoms with Gasteiger partial charge in [-0.05, 0) is 41.8 Å². The Morgan fingerprint density at radius 1 is 0.971 bits per heavy atom. The maximum absolute atomic E-state index is 13.5. The molecule has 0 aliphatic rings. The SMILES string of the molecule is CS(=O)(=O)Nc1ccc(CC(Nc2ncc(-c3nnc(C(F)F)o3)cn2)c2ccc(F)cc2)cc1. The molecule has 4 rings (SSSR count). The average molecular weight is 504 g/mol. The first kappa shape index (κ1) is 24.1. The van der Waals surface area contributed by atoms with Gasteiger partial charge in [0.15, 0.2) is 0 Å². The summed E-state index contributed by atoms with van der Waals surface area (Å²) in [6.07, 6.45) is 1.33. The molecule has 9 nitrogen and oxygen atoms in total. The molecule has 0 saturated carbocycles. The van der Waals surface area contributed by atoms with Gasteiger partial charge in [-0.2, -0.15) is 8.78 Å². The first-order valence-corrected chi connectivity index (χ1v) is 12.1. The minimum atomic E-state index is -3.39. The van der Waals surface area contributed by atoms with E-state index in [2.05, 4.69) is 30.2 Å². The van der Waals surface area contributed by atoms with Crippen molar-refractivity contribution in [2.24, 2.45) is 0 Å². The van der Waals surface area contributed by atoms with Crippen molar-refractivity contribution in [3.8, 4) is 11.5 Å². The number of hydrogen-bond acceptors (Lipinski definition) is 8. The fraction of sp³-hybridized carbons (Fsp3) is 0.182. The molecule has 0 spiro atoms. The van der Waals surface area contributed by atoms with Crippen molar-refractivity contribution in [2.45, 2.75) is 18.9 Å². The summed E-state index contributed by atoms with van der Waals surface area (Å²) in [7, 11) is -3.39. The lowest BCUT2D eigenvalue weighted by molar-refractivity contribution is 0.116. The van der Waals surface area contributed by atoms with Crippen molar-refractivity contribution >= 4 is 21.7 Å². The molecule has 0 saturated heterocycles. The Morgan fingerprint density at radius 2 is 1.63 bits per heavy atom. The Labute approximate surface area is 198 Å². The van der Waals surface area contributed by atoms with Crippen LogP contribution in [-0.4, -0.2) is 34.8 Å². The summed E-state index contributed by atoms with van der Waals surface area (Å²) < 4.78 is 68.9. The molecule has 182 valence electrons. The molecule has 1 unspecified atom stereocenters. The minimum Gasteiger partial charge on any atom is -0.415 e. The van der Waals surface area contributed by atoms with E-state index >= 15 is 0 Å². The molecule has 0 amide bonds. The van der Waals surface area contributed by atoms with Crippen LogP contribution in [0, 0.1) is 5.82 Å². The number of nitrogens with zero attached hydrogens (tertiary/aromatic N) is 4. The first-order valence-electron chi connectivity index (χ1n) is 10.2. The van der Waals surface area contributed by atoms with Crippen molar-refractivity contribution in [1.82, 2.24) is 20.2 Å². The van der Waals surface area contributed by atoms with E-state index in [4.69, 9.17) is 4.42 Å². The van der Waals surface area contributed by atoms with E-state index in [1.54, 1.807) is 36.4 Å². The number of sulfonamides is 1. The number of alkyl halides is 2. The molecule has 4 aromatic rings. The highest BCUT2D eigenvalue weighted by Gasteiger charge is 2.18. The number of nitrogens with one attached hydrogen (secondary N) is 2. The van der Waals surface area contributed by atoms with Gasteiger partial charge in [0.25, 0.3) is 11.8 Å². The summed E-state index contributed by atoms with van der Waals surface area (Å²) in [6.45, 7) is 0. The summed E-state index contributed by atoms with van der Waals surface area (Å²) in [5.74, 6) is -1.08. The molecule has 2 aromatic carbocycles. The van der Waals surface area contributed by atoms with Gasteiger partial charge in [-0.25, -0.2) is 22.8 Å². The van der Waals surface area contributed by atoms with E-state index in [0.29, 0.717) is 12.1 Å². The van der Waals surface area contributed by atoms with Crippen molar-refractivity contribution in [2.75, 3.05) is 16.3 Å². The van der Waals surface area contributed by atoms with Crippen LogP contribution >= 0.6 is 0 Å². The predicted molar refractivity (Wildman–Crippen MR) is 122 cm³/mol. The second-order valence-electron chi connectivity index (χ2n) is 7.57. The van der Waals surface area contributed by atoms with Crippen LogP contribution in [0.3, 0.4) is 0 Å². The first-order chi connectivity index (χ1) is 16.7. The number of rotatable bonds is 9. The molecule has 0 fully saturated rings. The lowest BCUT2D eigenvalue weighted by atomic mass is 9.98. The van der Waals surface area contributed by atoms with Gasteiger partial charge in [-0.3, -0.25) is 4.72 Å². The van der Waals surface area contributed by atoms with E-state index < -0.39 is 22.3 Å². The Balaban J connectivity index is 1.53. The summed E-state index contributed by atoms with van der Waals surface area (Å²) >= 11 is 0. The van der Waals surface area contributed by atoms with Crippen LogP contribution in [-0.2, 0) is 16.4 Å². The maximum Gasteiger partial charge on any atom is 0.314 e. The third-order valence-corrected chi connectivity index (χ3v) is 5.41. The Morgan fingerprint density at radius 3 is 2.20 bits per heavy atom. The number of aromatic nitrogens is 4. The zero-order chi connectivity index (χ0) is 25.0. The van der Waals surface area contributed by atoms with Gasteiger partial charge in [-0.1, -0.05) is 24.3 Å². The third kappa shape index (κ3) is 6.53. The summed E-state index contributed by atoms with van der Waals surface area (Å²) in [5, 5.41) is 10.0. The van der Waals surface area contributed by atoms with Gasteiger partial charge < -0.3 is 9.73 Å². The minimum absolute atomic E-state index is 0.135. The predicted octanol–water partition coefficient (Wildman–Crippen LogP) is 4.37. The van der Waals surface area contributed by atoms with Crippen LogP contribution in [0.25, 0.3) is 11.5 Å². The van der Waals surface area contributed by atoms with Gasteiger partial charge in [-0.15, -0.1) is 10.2 Å². The van der Waals surface area contributed by atoms with E-state index in [-0.39, 0.29) is 29.3 Å². The monoisotopic (exact) mass is 504 g/mol. The molecule has 2 heterocycles. The van der Waals surface area contributed by atoms with Gasteiger partial charge in [0.05, 0.1) is 17.9 Å². The van der Waals surface area contributed by atoms with Crippen molar-refractivity contribution in [1.29, 1.82) is 0 Å². The molecule has 2 aromatic heterocycles. The fourth-order valence-electron chi connectivity index (χ4n) is 3.21. The van der Waals surface area contributed by atoms with Gasteiger partial charge in [0.2, 0.25) is 16.0 Å². The number of halogens is 3. The second kappa shape index (κ2) is 10.1. The highest BCUT2D eigenvalue weighted by atomic mass is 32.2. The van der Waals surface area contributed by atoms with Gasteiger partial charge in [0, 0.05) is 18.1 Å². The zero-order valence-electron chi connectivity index (χ0n) is 18.2. The highest BCUT2D eigenvalue weighted by molar-refractivity contribution is 7.92. The van der Waals surface area contributed by atoms with E-state index in [0.717, 1.165) is 17.4 Å². The molecule has 2 N–H and O–H groups in total. The Hall–Kier alpha value is -4.00. The topological polar surface area (TPSA) is 123 Å². The van der Waals surface area contributed by atoms with E-state index in [1.807, 2.05) is 0 Å². The van der Waals surface area contributed by atoms with E-state index in [9.17, 15) is 21.6 Å². The van der Waals surface area contributed by atoms with Crippen LogP contribution in [0.4, 0.5) is 24.8 Å². The van der Waals surface area contributed by atoms with Crippen molar-refractivity contribution in [3.05, 3.63) is 83.8 Å². The van der Waals surface area contributed by atoms with Crippen molar-refractivity contribution < 1.29 is 26.0 Å². The van der Waals surface area contributed by atoms with E-state index in [1.165, 1.54) is 24.5 Å². The highest BCUT2D eigenvalue weighted by Crippen LogP contribution is 2.25. The molecular formula is C22H19F3N6O3S. The number of benzene rings is 2. The summed E-state index contributed by atoms with van der Waals surface area (Å²) in [6, 6.07) is 12.4. The molecule has 35 heavy (non-hydrogen) atoms. The van der Waals surface area contributed by atoms with Crippen LogP contribution in [0.1, 0.15) is 29.5 Å². The smallest absolute Gasteiger partial charge is 0.314 e. The number of anilines is 2. The van der Waals surface area contributed by atoms with Crippen LogP contribution < -0.4 is 10.0 Å².